The molecule has 1 aromatic rings. The van der Waals surface area contributed by atoms with Crippen LogP contribution in [0.3, 0.4) is 0 Å². The Balaban J connectivity index is 1.81. The molecule has 126 valence electrons. The van der Waals surface area contributed by atoms with Crippen LogP contribution in [-0.4, -0.2) is 37.0 Å². The number of carbonyl (C=O) groups excluding carboxylic acids is 2. The number of nitrogens with two attached hydrogens (primary N) is 1. The van der Waals surface area contributed by atoms with E-state index in [1.807, 2.05) is 24.3 Å². The first kappa shape index (κ1) is 17.3. The molecular weight excluding hydrogens is 294 g/mol. The van der Waals surface area contributed by atoms with E-state index in [4.69, 9.17) is 10.5 Å². The summed E-state index contributed by atoms with van der Waals surface area (Å²) in [5.74, 6) is 0.0432. The monoisotopic (exact) mass is 319 g/mol. The Labute approximate surface area is 137 Å². The van der Waals surface area contributed by atoms with Crippen LogP contribution in [0.1, 0.15) is 30.4 Å². The molecule has 1 heterocycles. The van der Waals surface area contributed by atoms with Gasteiger partial charge in [-0.1, -0.05) is 24.3 Å². The number of carbonyl (C=O) groups is 2. The van der Waals surface area contributed by atoms with Gasteiger partial charge < -0.3 is 20.7 Å². The number of piperidine rings is 1. The number of rotatable bonds is 6. The number of primary amides is 1. The highest BCUT2D eigenvalue weighted by Crippen LogP contribution is 2.20. The minimum absolute atomic E-state index is 0.0604. The van der Waals surface area contributed by atoms with E-state index in [0.717, 1.165) is 24.0 Å². The Kier molecular flexibility index (Phi) is 6.40. The summed E-state index contributed by atoms with van der Waals surface area (Å²) in [5.41, 5.74) is 7.37. The van der Waals surface area contributed by atoms with Gasteiger partial charge in [0, 0.05) is 33.2 Å². The fraction of sp³-hybridized carbons (Fsp3) is 0.529. The zero-order chi connectivity index (χ0) is 16.7. The lowest BCUT2D eigenvalue weighted by molar-refractivity contribution is -0.119. The van der Waals surface area contributed by atoms with Gasteiger partial charge in [-0.2, -0.15) is 0 Å². The number of benzene rings is 1. The standard InChI is InChI=1S/C17H25N3O3/c1-23-12-15-5-3-2-4-14(15)11-19-17(22)20-8-6-13(7-9-20)10-16(18)21/h2-5,13H,6-12H2,1H3,(H2,18,21)(H,19,22). The molecule has 3 amide bonds. The van der Waals surface area contributed by atoms with Crippen LogP contribution in [0, 0.1) is 5.92 Å². The largest absolute Gasteiger partial charge is 0.380 e. The summed E-state index contributed by atoms with van der Waals surface area (Å²) < 4.78 is 5.17. The van der Waals surface area contributed by atoms with E-state index in [1.54, 1.807) is 12.0 Å². The van der Waals surface area contributed by atoms with Crippen LogP contribution in [0.15, 0.2) is 24.3 Å². The first-order valence-electron chi connectivity index (χ1n) is 7.97. The predicted molar refractivity (Wildman–Crippen MR) is 87.5 cm³/mol. The maximum Gasteiger partial charge on any atom is 0.317 e. The molecule has 1 aliphatic heterocycles. The average Bonchev–Trinajstić information content (AvgIpc) is 2.54. The number of urea groups is 1. The van der Waals surface area contributed by atoms with E-state index in [-0.39, 0.29) is 11.9 Å². The van der Waals surface area contributed by atoms with Crippen molar-refractivity contribution < 1.29 is 14.3 Å². The van der Waals surface area contributed by atoms with Crippen LogP contribution >= 0.6 is 0 Å². The van der Waals surface area contributed by atoms with Gasteiger partial charge in [0.25, 0.3) is 0 Å². The van der Waals surface area contributed by atoms with Gasteiger partial charge in [0.05, 0.1) is 6.61 Å². The SMILES string of the molecule is COCc1ccccc1CNC(=O)N1CCC(CC(N)=O)CC1. The Morgan fingerprint density at radius 1 is 1.26 bits per heavy atom. The van der Waals surface area contributed by atoms with Gasteiger partial charge in [-0.25, -0.2) is 4.79 Å². The second-order valence-electron chi connectivity index (χ2n) is 5.96. The topological polar surface area (TPSA) is 84.7 Å². The average molecular weight is 319 g/mol. The van der Waals surface area contributed by atoms with Crippen LogP contribution in [0.5, 0.6) is 0 Å². The maximum atomic E-state index is 12.3. The minimum Gasteiger partial charge on any atom is -0.380 e. The zero-order valence-electron chi connectivity index (χ0n) is 13.6. The van der Waals surface area contributed by atoms with Crippen LogP contribution in [-0.2, 0) is 22.7 Å². The number of ether oxygens (including phenoxy) is 1. The zero-order valence-corrected chi connectivity index (χ0v) is 13.6. The predicted octanol–water partition coefficient (Wildman–Crippen LogP) is 1.63. The number of nitrogens with one attached hydrogen (secondary N) is 1. The molecule has 3 N–H and O–H groups in total. The molecule has 0 bridgehead atoms. The molecule has 0 atom stereocenters. The Morgan fingerprint density at radius 2 is 1.91 bits per heavy atom. The van der Waals surface area contributed by atoms with Crippen molar-refractivity contribution in [2.75, 3.05) is 20.2 Å². The van der Waals surface area contributed by atoms with Gasteiger partial charge in [-0.15, -0.1) is 0 Å². The van der Waals surface area contributed by atoms with Crippen molar-refractivity contribution in [3.8, 4) is 0 Å². The summed E-state index contributed by atoms with van der Waals surface area (Å²) in [6, 6.07) is 7.85. The number of hydrogen-bond donors (Lipinski definition) is 2. The van der Waals surface area contributed by atoms with Gasteiger partial charge in [-0.3, -0.25) is 4.79 Å². The molecule has 1 aromatic carbocycles. The molecule has 1 saturated heterocycles. The molecule has 6 heteroatoms. The molecule has 0 aliphatic carbocycles. The van der Waals surface area contributed by atoms with Crippen molar-refractivity contribution >= 4 is 11.9 Å². The molecule has 1 fully saturated rings. The van der Waals surface area contributed by atoms with Gasteiger partial charge in [-0.05, 0) is 29.9 Å². The third kappa shape index (κ3) is 5.25. The third-order valence-electron chi connectivity index (χ3n) is 4.24. The Hall–Kier alpha value is -2.08. The van der Waals surface area contributed by atoms with Crippen molar-refractivity contribution in [2.24, 2.45) is 11.7 Å². The van der Waals surface area contributed by atoms with Crippen molar-refractivity contribution in [3.63, 3.8) is 0 Å². The first-order chi connectivity index (χ1) is 11.1. The lowest BCUT2D eigenvalue weighted by Crippen LogP contribution is -2.44. The van der Waals surface area contributed by atoms with Gasteiger partial charge >= 0.3 is 6.03 Å². The molecule has 0 unspecified atom stereocenters. The van der Waals surface area contributed by atoms with E-state index < -0.39 is 0 Å². The molecule has 6 nitrogen and oxygen atoms in total. The number of hydrogen-bond acceptors (Lipinski definition) is 3. The van der Waals surface area contributed by atoms with Crippen molar-refractivity contribution in [1.82, 2.24) is 10.2 Å². The summed E-state index contributed by atoms with van der Waals surface area (Å²) >= 11 is 0. The van der Waals surface area contributed by atoms with Gasteiger partial charge in [0.2, 0.25) is 5.91 Å². The van der Waals surface area contributed by atoms with E-state index in [2.05, 4.69) is 5.32 Å². The molecular formula is C17H25N3O3. The maximum absolute atomic E-state index is 12.3. The molecule has 2 rings (SSSR count). The summed E-state index contributed by atoms with van der Waals surface area (Å²) in [7, 11) is 1.66. The van der Waals surface area contributed by atoms with Crippen LogP contribution in [0.4, 0.5) is 4.79 Å². The van der Waals surface area contributed by atoms with Crippen molar-refractivity contribution in [3.05, 3.63) is 35.4 Å². The Morgan fingerprint density at radius 3 is 2.52 bits per heavy atom. The third-order valence-corrected chi connectivity index (χ3v) is 4.24. The molecule has 0 spiro atoms. The second kappa shape index (κ2) is 8.53. The number of nitrogens with zero attached hydrogens (tertiary/aromatic N) is 1. The second-order valence-corrected chi connectivity index (χ2v) is 5.96. The van der Waals surface area contributed by atoms with Crippen molar-refractivity contribution in [2.45, 2.75) is 32.4 Å². The minimum atomic E-state index is -0.261. The molecule has 0 radical (unpaired) electrons. The normalized spacial score (nSPS) is 15.4. The summed E-state index contributed by atoms with van der Waals surface area (Å²) in [6.07, 6.45) is 2.08. The highest BCUT2D eigenvalue weighted by atomic mass is 16.5. The van der Waals surface area contributed by atoms with E-state index in [0.29, 0.717) is 38.6 Å². The van der Waals surface area contributed by atoms with Crippen molar-refractivity contribution in [1.29, 1.82) is 0 Å². The molecule has 0 saturated carbocycles. The van der Waals surface area contributed by atoms with Crippen LogP contribution < -0.4 is 11.1 Å². The summed E-state index contributed by atoms with van der Waals surface area (Å²) in [5, 5.41) is 2.96. The fourth-order valence-electron chi connectivity index (χ4n) is 2.93. The quantitative estimate of drug-likeness (QED) is 0.836. The fourth-order valence-corrected chi connectivity index (χ4v) is 2.93. The number of amides is 3. The van der Waals surface area contributed by atoms with E-state index in [9.17, 15) is 9.59 Å². The lowest BCUT2D eigenvalue weighted by Gasteiger charge is -2.31. The summed E-state index contributed by atoms with van der Waals surface area (Å²) in [6.45, 7) is 2.36. The van der Waals surface area contributed by atoms with Gasteiger partial charge in [0.15, 0.2) is 0 Å². The number of methoxy groups -OCH3 is 1. The van der Waals surface area contributed by atoms with Gasteiger partial charge in [0.1, 0.15) is 0 Å². The first-order valence-corrected chi connectivity index (χ1v) is 7.97. The lowest BCUT2D eigenvalue weighted by atomic mass is 9.93. The van der Waals surface area contributed by atoms with Crippen LogP contribution in [0.2, 0.25) is 0 Å². The molecule has 23 heavy (non-hydrogen) atoms. The Bertz CT molecular complexity index is 540. The summed E-state index contributed by atoms with van der Waals surface area (Å²) in [4.78, 5) is 25.0. The smallest absolute Gasteiger partial charge is 0.317 e. The van der Waals surface area contributed by atoms with Crippen LogP contribution in [0.25, 0.3) is 0 Å². The highest BCUT2D eigenvalue weighted by Gasteiger charge is 2.23. The highest BCUT2D eigenvalue weighted by molar-refractivity contribution is 5.75. The number of likely N-dealkylation sites (tertiary alicyclic amines) is 1. The molecule has 1 aliphatic rings. The van der Waals surface area contributed by atoms with E-state index >= 15 is 0 Å². The van der Waals surface area contributed by atoms with E-state index in [1.165, 1.54) is 0 Å². The molecule has 0 aromatic heterocycles.